The molecule has 4 rings (SSSR count). The average Bonchev–Trinajstić information content (AvgIpc) is 2.86. The summed E-state index contributed by atoms with van der Waals surface area (Å²) in [5, 5.41) is 4.28. The Morgan fingerprint density at radius 1 is 1.24 bits per heavy atom. The molecule has 0 unspecified atom stereocenters. The SMILES string of the molecule is CCN1C(=O)C(=C=CC=C2CCSCC2)c2ccc(C3=NNCC(=O)C=C3)cc21. The standard InChI is InChI=1S/C23H23N3O2S/c1-2-26-22-14-17(21-9-7-18(27)15-24-25-21)6-8-19(22)20(23(26)28)5-3-4-16-10-12-29-13-11-16/h3-4,6-9,14,24H,2,10-13,15H2,1H3. The van der Waals surface area contributed by atoms with Crippen LogP contribution in [0.15, 0.2) is 58.9 Å². The molecule has 1 amide bonds. The number of amides is 1. The first-order chi connectivity index (χ1) is 14.2. The van der Waals surface area contributed by atoms with E-state index in [1.54, 1.807) is 11.0 Å². The molecule has 0 saturated carbocycles. The second-order valence-corrected chi connectivity index (χ2v) is 8.26. The summed E-state index contributed by atoms with van der Waals surface area (Å²) in [4.78, 5) is 26.3. The summed E-state index contributed by atoms with van der Waals surface area (Å²) in [5.74, 6) is 2.29. The Balaban J connectivity index is 1.70. The smallest absolute Gasteiger partial charge is 0.266 e. The maximum absolute atomic E-state index is 12.9. The van der Waals surface area contributed by atoms with Crippen LogP contribution in [0.3, 0.4) is 0 Å². The van der Waals surface area contributed by atoms with Gasteiger partial charge in [-0.15, -0.1) is 5.73 Å². The molecule has 0 atom stereocenters. The number of nitrogens with one attached hydrogen (secondary N) is 1. The summed E-state index contributed by atoms with van der Waals surface area (Å²) in [7, 11) is 0. The molecule has 1 aromatic rings. The fourth-order valence-electron chi connectivity index (χ4n) is 3.61. The van der Waals surface area contributed by atoms with Crippen LogP contribution in [0.1, 0.15) is 30.9 Å². The molecule has 6 heteroatoms. The molecule has 0 spiro atoms. The van der Waals surface area contributed by atoms with Crippen LogP contribution in [0, 0.1) is 0 Å². The molecule has 0 radical (unpaired) electrons. The van der Waals surface area contributed by atoms with E-state index in [9.17, 15) is 9.59 Å². The first kappa shape index (κ1) is 19.5. The number of fused-ring (bicyclic) bond motifs is 1. The average molecular weight is 406 g/mol. The lowest BCUT2D eigenvalue weighted by Crippen LogP contribution is -2.25. The molecule has 1 N–H and O–H groups in total. The van der Waals surface area contributed by atoms with Crippen molar-refractivity contribution in [2.24, 2.45) is 5.10 Å². The first-order valence-electron chi connectivity index (χ1n) is 9.88. The molecule has 1 aromatic carbocycles. The van der Waals surface area contributed by atoms with Crippen LogP contribution in [0.5, 0.6) is 0 Å². The van der Waals surface area contributed by atoms with Gasteiger partial charge in [-0.1, -0.05) is 23.8 Å². The molecule has 29 heavy (non-hydrogen) atoms. The van der Waals surface area contributed by atoms with Gasteiger partial charge < -0.3 is 10.3 Å². The molecule has 0 bridgehead atoms. The van der Waals surface area contributed by atoms with Gasteiger partial charge in [0.2, 0.25) is 0 Å². The Labute approximate surface area is 174 Å². The van der Waals surface area contributed by atoms with Gasteiger partial charge in [-0.25, -0.2) is 0 Å². The van der Waals surface area contributed by atoms with Crippen LogP contribution in [-0.4, -0.2) is 42.0 Å². The number of thioether (sulfide) groups is 1. The summed E-state index contributed by atoms with van der Waals surface area (Å²) in [6, 6.07) is 5.84. The number of carbonyl (C=O) groups is 2. The number of nitrogens with zero attached hydrogens (tertiary/aromatic N) is 2. The summed E-state index contributed by atoms with van der Waals surface area (Å²) in [6.07, 6.45) is 9.46. The Kier molecular flexibility index (Phi) is 5.84. The number of benzene rings is 1. The number of hydrogen-bond donors (Lipinski definition) is 1. The molecule has 3 aliphatic heterocycles. The van der Waals surface area contributed by atoms with Gasteiger partial charge in [0.25, 0.3) is 5.91 Å². The highest BCUT2D eigenvalue weighted by Crippen LogP contribution is 2.37. The summed E-state index contributed by atoms with van der Waals surface area (Å²) in [5.41, 5.74) is 11.3. The molecule has 0 aromatic heterocycles. The monoisotopic (exact) mass is 405 g/mol. The minimum Gasteiger partial charge on any atom is -0.307 e. The predicted octanol–water partition coefficient (Wildman–Crippen LogP) is 3.48. The maximum Gasteiger partial charge on any atom is 0.266 e. The van der Waals surface area contributed by atoms with E-state index in [0.29, 0.717) is 17.8 Å². The molecule has 0 aliphatic carbocycles. The minimum atomic E-state index is -0.0276. The summed E-state index contributed by atoms with van der Waals surface area (Å²) >= 11 is 1.99. The van der Waals surface area contributed by atoms with E-state index in [0.717, 1.165) is 29.7 Å². The van der Waals surface area contributed by atoms with Crippen molar-refractivity contribution < 1.29 is 9.59 Å². The van der Waals surface area contributed by atoms with E-state index in [1.165, 1.54) is 23.2 Å². The van der Waals surface area contributed by atoms with Crippen molar-refractivity contribution >= 4 is 40.4 Å². The van der Waals surface area contributed by atoms with E-state index in [1.807, 2.05) is 43.0 Å². The molecule has 1 fully saturated rings. The number of likely N-dealkylation sites (N-methyl/N-ethyl adjacent to an activating group) is 1. The van der Waals surface area contributed by atoms with Gasteiger partial charge in [0.05, 0.1) is 23.5 Å². The molecule has 3 heterocycles. The Morgan fingerprint density at radius 2 is 2.07 bits per heavy atom. The van der Waals surface area contributed by atoms with Gasteiger partial charge >= 0.3 is 0 Å². The van der Waals surface area contributed by atoms with Crippen molar-refractivity contribution in [2.75, 3.05) is 29.5 Å². The Hall–Kier alpha value is -2.82. The Bertz CT molecular complexity index is 1000. The quantitative estimate of drug-likeness (QED) is 0.618. The molecule has 148 valence electrons. The van der Waals surface area contributed by atoms with Crippen LogP contribution in [-0.2, 0) is 9.59 Å². The number of allylic oxidation sites excluding steroid dienone is 3. The van der Waals surface area contributed by atoms with Crippen LogP contribution >= 0.6 is 11.8 Å². The third-order valence-electron chi connectivity index (χ3n) is 5.19. The minimum absolute atomic E-state index is 0.0173. The fourth-order valence-corrected chi connectivity index (χ4v) is 4.63. The highest BCUT2D eigenvalue weighted by atomic mass is 32.2. The second-order valence-electron chi connectivity index (χ2n) is 7.04. The third-order valence-corrected chi connectivity index (χ3v) is 6.18. The van der Waals surface area contributed by atoms with Gasteiger partial charge in [0.15, 0.2) is 5.78 Å². The number of anilines is 1. The van der Waals surface area contributed by atoms with Crippen LogP contribution < -0.4 is 10.3 Å². The second kappa shape index (κ2) is 8.68. The Morgan fingerprint density at radius 3 is 2.86 bits per heavy atom. The number of ketones is 1. The van der Waals surface area contributed by atoms with Gasteiger partial charge in [-0.2, -0.15) is 16.9 Å². The van der Waals surface area contributed by atoms with Crippen molar-refractivity contribution in [1.82, 2.24) is 5.43 Å². The molecule has 3 aliphatic rings. The number of carbonyl (C=O) groups excluding carboxylic acids is 2. The van der Waals surface area contributed by atoms with E-state index < -0.39 is 0 Å². The van der Waals surface area contributed by atoms with Crippen LogP contribution in [0.25, 0.3) is 5.57 Å². The number of rotatable bonds is 3. The third kappa shape index (κ3) is 4.14. The van der Waals surface area contributed by atoms with Gasteiger partial charge in [0.1, 0.15) is 0 Å². The predicted molar refractivity (Wildman–Crippen MR) is 119 cm³/mol. The van der Waals surface area contributed by atoms with Crippen molar-refractivity contribution in [3.05, 3.63) is 64.9 Å². The van der Waals surface area contributed by atoms with E-state index in [-0.39, 0.29) is 18.2 Å². The lowest BCUT2D eigenvalue weighted by Gasteiger charge is -2.14. The van der Waals surface area contributed by atoms with E-state index in [4.69, 9.17) is 0 Å². The number of hydrogen-bond acceptors (Lipinski definition) is 5. The van der Waals surface area contributed by atoms with Gasteiger partial charge in [0, 0.05) is 17.7 Å². The normalized spacial score (nSPS) is 18.7. The van der Waals surface area contributed by atoms with Crippen molar-refractivity contribution in [1.29, 1.82) is 0 Å². The first-order valence-corrected chi connectivity index (χ1v) is 11.0. The molecule has 5 nitrogen and oxygen atoms in total. The number of hydrazone groups is 1. The van der Waals surface area contributed by atoms with E-state index >= 15 is 0 Å². The summed E-state index contributed by atoms with van der Waals surface area (Å²) < 4.78 is 0. The molecule has 1 saturated heterocycles. The zero-order valence-electron chi connectivity index (χ0n) is 16.4. The van der Waals surface area contributed by atoms with Crippen molar-refractivity contribution in [3.8, 4) is 0 Å². The van der Waals surface area contributed by atoms with E-state index in [2.05, 4.69) is 22.3 Å². The maximum atomic E-state index is 12.9. The van der Waals surface area contributed by atoms with Crippen LogP contribution in [0.4, 0.5) is 5.69 Å². The van der Waals surface area contributed by atoms with Crippen LogP contribution in [0.2, 0.25) is 0 Å². The highest BCUT2D eigenvalue weighted by Gasteiger charge is 2.31. The zero-order chi connectivity index (χ0) is 20.2. The van der Waals surface area contributed by atoms with Crippen molar-refractivity contribution in [2.45, 2.75) is 19.8 Å². The highest BCUT2D eigenvalue weighted by molar-refractivity contribution is 7.99. The van der Waals surface area contributed by atoms with Crippen molar-refractivity contribution in [3.63, 3.8) is 0 Å². The lowest BCUT2D eigenvalue weighted by atomic mass is 10.0. The van der Waals surface area contributed by atoms with Gasteiger partial charge in [-0.3, -0.25) is 9.59 Å². The zero-order valence-corrected chi connectivity index (χ0v) is 17.2. The lowest BCUT2D eigenvalue weighted by molar-refractivity contribution is -0.114. The largest absolute Gasteiger partial charge is 0.307 e. The molecular weight excluding hydrogens is 382 g/mol. The topological polar surface area (TPSA) is 61.8 Å². The van der Waals surface area contributed by atoms with Gasteiger partial charge in [-0.05, 0) is 55.6 Å². The fraction of sp³-hybridized carbons (Fsp3) is 0.304. The molecular formula is C23H23N3O2S. The summed E-state index contributed by atoms with van der Waals surface area (Å²) in [6.45, 7) is 2.74.